The number of likely N-dealkylation sites (tertiary alicyclic amines) is 1. The average molecular weight is 411 g/mol. The minimum absolute atomic E-state index is 0.0789. The van der Waals surface area contributed by atoms with E-state index in [0.717, 1.165) is 18.7 Å². The predicted molar refractivity (Wildman–Crippen MR) is 110 cm³/mol. The molecule has 0 bridgehead atoms. The molecule has 1 aromatic carbocycles. The molecule has 3 heterocycles. The lowest BCUT2D eigenvalue weighted by Gasteiger charge is -2.28. The van der Waals surface area contributed by atoms with Crippen LogP contribution >= 0.6 is 0 Å². The van der Waals surface area contributed by atoms with Gasteiger partial charge in [0.05, 0.1) is 31.9 Å². The molecule has 2 aromatic rings. The molecular weight excluding hydrogens is 384 g/mol. The van der Waals surface area contributed by atoms with Crippen LogP contribution in [0.1, 0.15) is 28.7 Å². The molecule has 0 radical (unpaired) electrons. The second-order valence-electron chi connectivity index (χ2n) is 7.92. The van der Waals surface area contributed by atoms with E-state index in [4.69, 9.17) is 9.15 Å². The number of ether oxygens (including phenoxy) is 1. The van der Waals surface area contributed by atoms with E-state index in [1.165, 1.54) is 9.80 Å². The lowest BCUT2D eigenvalue weighted by atomic mass is 9.99. The Kier molecular flexibility index (Phi) is 5.74. The van der Waals surface area contributed by atoms with Gasteiger partial charge in [0.1, 0.15) is 36.4 Å². The van der Waals surface area contributed by atoms with Crippen molar-refractivity contribution < 1.29 is 28.7 Å². The molecule has 158 valence electrons. The predicted octanol–water partition coefficient (Wildman–Crippen LogP) is 1.23. The van der Waals surface area contributed by atoms with Gasteiger partial charge in [-0.2, -0.15) is 0 Å². The number of ketones is 1. The first-order valence-corrected chi connectivity index (χ1v) is 10.3. The van der Waals surface area contributed by atoms with E-state index in [2.05, 4.69) is 0 Å². The third-order valence-electron chi connectivity index (χ3n) is 5.80. The van der Waals surface area contributed by atoms with Crippen molar-refractivity contribution in [2.45, 2.75) is 19.9 Å². The number of hydrogen-bond donors (Lipinski definition) is 2. The first kappa shape index (κ1) is 20.4. The molecule has 7 nitrogen and oxygen atoms in total. The Bertz CT molecular complexity index is 970. The topological polar surface area (TPSA) is 84.4 Å². The molecule has 1 aromatic heterocycles. The Morgan fingerprint density at radius 1 is 1.10 bits per heavy atom. The van der Waals surface area contributed by atoms with Crippen LogP contribution in [0.25, 0.3) is 5.76 Å². The molecule has 4 rings (SSSR count). The summed E-state index contributed by atoms with van der Waals surface area (Å²) in [5, 5.41) is 11.0. The van der Waals surface area contributed by atoms with Crippen molar-refractivity contribution in [3.8, 4) is 0 Å². The fourth-order valence-corrected chi connectivity index (χ4v) is 4.06. The van der Waals surface area contributed by atoms with Crippen molar-refractivity contribution >= 4 is 17.4 Å². The van der Waals surface area contributed by atoms with Gasteiger partial charge in [-0.25, -0.2) is 0 Å². The van der Waals surface area contributed by atoms with Gasteiger partial charge < -0.3 is 24.1 Å². The van der Waals surface area contributed by atoms with Gasteiger partial charge in [-0.05, 0) is 26.0 Å². The smallest absolute Gasteiger partial charge is 0.295 e. The molecule has 7 heteroatoms. The van der Waals surface area contributed by atoms with Gasteiger partial charge in [0.2, 0.25) is 0 Å². The van der Waals surface area contributed by atoms with Gasteiger partial charge in [0, 0.05) is 5.56 Å². The van der Waals surface area contributed by atoms with Gasteiger partial charge in [-0.3, -0.25) is 9.59 Å². The summed E-state index contributed by atoms with van der Waals surface area (Å²) in [5.41, 5.74) is 1.62. The van der Waals surface area contributed by atoms with E-state index < -0.39 is 17.7 Å². The molecule has 30 heavy (non-hydrogen) atoms. The highest BCUT2D eigenvalue weighted by Gasteiger charge is 2.47. The van der Waals surface area contributed by atoms with E-state index in [1.807, 2.05) is 26.0 Å². The van der Waals surface area contributed by atoms with Crippen LogP contribution in [0.2, 0.25) is 0 Å². The van der Waals surface area contributed by atoms with E-state index in [0.29, 0.717) is 43.4 Å². The first-order chi connectivity index (χ1) is 14.5. The maximum atomic E-state index is 13.0. The Morgan fingerprint density at radius 3 is 2.43 bits per heavy atom. The molecular formula is C23H27N2O5+. The van der Waals surface area contributed by atoms with Crippen molar-refractivity contribution in [2.24, 2.45) is 0 Å². The summed E-state index contributed by atoms with van der Waals surface area (Å²) in [5.74, 6) is -0.282. The van der Waals surface area contributed by atoms with Crippen molar-refractivity contribution in [2.75, 3.05) is 39.4 Å². The van der Waals surface area contributed by atoms with Crippen LogP contribution in [0, 0.1) is 13.8 Å². The lowest BCUT2D eigenvalue weighted by molar-refractivity contribution is -0.907. The summed E-state index contributed by atoms with van der Waals surface area (Å²) in [7, 11) is 0. The van der Waals surface area contributed by atoms with E-state index in [1.54, 1.807) is 24.3 Å². The number of carbonyl (C=O) groups is 2. The Hall–Kier alpha value is -2.90. The summed E-state index contributed by atoms with van der Waals surface area (Å²) < 4.78 is 11.2. The number of rotatable bonds is 5. The minimum Gasteiger partial charge on any atom is -0.507 e. The minimum atomic E-state index is -0.736. The summed E-state index contributed by atoms with van der Waals surface area (Å²) in [4.78, 5) is 28.7. The van der Waals surface area contributed by atoms with Crippen LogP contribution in [-0.2, 0) is 14.3 Å². The maximum Gasteiger partial charge on any atom is 0.295 e. The number of hydrogen-bond acceptors (Lipinski definition) is 5. The third kappa shape index (κ3) is 3.91. The second-order valence-corrected chi connectivity index (χ2v) is 7.92. The fourth-order valence-electron chi connectivity index (χ4n) is 4.06. The highest BCUT2D eigenvalue weighted by atomic mass is 16.5. The van der Waals surface area contributed by atoms with Gasteiger partial charge in [0.15, 0.2) is 0 Å². The van der Waals surface area contributed by atoms with Crippen LogP contribution in [0.15, 0.2) is 46.4 Å². The van der Waals surface area contributed by atoms with Crippen LogP contribution in [-0.4, -0.2) is 61.1 Å². The Labute approximate surface area is 175 Å². The van der Waals surface area contributed by atoms with Gasteiger partial charge >= 0.3 is 0 Å². The second kappa shape index (κ2) is 8.45. The number of Topliss-reactive ketones (excluding diaryl/α,β-unsaturated/α-hetero) is 1. The van der Waals surface area contributed by atoms with Crippen molar-refractivity contribution in [3.63, 3.8) is 0 Å². The molecule has 0 spiro atoms. The number of amides is 1. The number of furan rings is 1. The molecule has 2 fully saturated rings. The van der Waals surface area contributed by atoms with Gasteiger partial charge in [-0.15, -0.1) is 0 Å². The maximum absolute atomic E-state index is 13.0. The van der Waals surface area contributed by atoms with Crippen molar-refractivity contribution in [3.05, 3.63) is 64.6 Å². The normalized spacial score (nSPS) is 22.1. The monoisotopic (exact) mass is 411 g/mol. The van der Waals surface area contributed by atoms with Crippen LogP contribution in [0.4, 0.5) is 0 Å². The van der Waals surface area contributed by atoms with E-state index >= 15 is 0 Å². The highest BCUT2D eigenvalue weighted by molar-refractivity contribution is 6.46. The molecule has 2 N–H and O–H groups in total. The zero-order valence-corrected chi connectivity index (χ0v) is 17.3. The van der Waals surface area contributed by atoms with E-state index in [9.17, 15) is 14.7 Å². The third-order valence-corrected chi connectivity index (χ3v) is 5.80. The quantitative estimate of drug-likeness (QED) is 0.439. The number of aliphatic hydroxyl groups excluding tert-OH is 1. The zero-order chi connectivity index (χ0) is 21.3. The van der Waals surface area contributed by atoms with Gasteiger partial charge in [0.25, 0.3) is 11.7 Å². The number of benzene rings is 1. The molecule has 0 aliphatic carbocycles. The SMILES string of the molecule is Cc1ccc(/C(O)=C2\C(=O)C(=O)N(CC[NH+]3CCOCC3)[C@@H]2c2ccc(C)o2)cc1. The largest absolute Gasteiger partial charge is 0.507 e. The number of morpholine rings is 1. The lowest BCUT2D eigenvalue weighted by Crippen LogP contribution is -3.14. The number of aryl methyl sites for hydroxylation is 2. The Morgan fingerprint density at radius 2 is 1.80 bits per heavy atom. The summed E-state index contributed by atoms with van der Waals surface area (Å²) in [6, 6.07) is 10.1. The number of quaternary nitrogens is 1. The zero-order valence-electron chi connectivity index (χ0n) is 17.3. The molecule has 1 atom stereocenters. The summed E-state index contributed by atoms with van der Waals surface area (Å²) >= 11 is 0. The number of nitrogens with one attached hydrogen (secondary N) is 1. The molecule has 2 saturated heterocycles. The number of aliphatic hydroxyl groups is 1. The van der Waals surface area contributed by atoms with Crippen molar-refractivity contribution in [1.29, 1.82) is 0 Å². The molecule has 0 unspecified atom stereocenters. The summed E-state index contributed by atoms with van der Waals surface area (Å²) in [6.07, 6.45) is 0. The molecule has 0 saturated carbocycles. The molecule has 1 amide bonds. The van der Waals surface area contributed by atoms with Gasteiger partial charge in [-0.1, -0.05) is 29.8 Å². The Balaban J connectivity index is 1.70. The van der Waals surface area contributed by atoms with Crippen LogP contribution < -0.4 is 4.90 Å². The van der Waals surface area contributed by atoms with Crippen LogP contribution in [0.5, 0.6) is 0 Å². The average Bonchev–Trinajstić information content (AvgIpc) is 3.28. The highest BCUT2D eigenvalue weighted by Crippen LogP contribution is 2.39. The van der Waals surface area contributed by atoms with Crippen molar-refractivity contribution in [1.82, 2.24) is 4.90 Å². The first-order valence-electron chi connectivity index (χ1n) is 10.3. The van der Waals surface area contributed by atoms with Crippen LogP contribution in [0.3, 0.4) is 0 Å². The molecule has 2 aliphatic heterocycles. The molecule has 2 aliphatic rings. The number of nitrogens with zero attached hydrogens (tertiary/aromatic N) is 1. The fraction of sp³-hybridized carbons (Fsp3) is 0.391. The summed E-state index contributed by atoms with van der Waals surface area (Å²) in [6.45, 7) is 8.00. The van der Waals surface area contributed by atoms with E-state index in [-0.39, 0.29) is 11.3 Å². The number of carbonyl (C=O) groups excluding carboxylic acids is 2. The standard InChI is InChI=1S/C23H26N2O5/c1-15-3-6-17(7-4-15)21(26)19-20(18-8-5-16(2)30-18)25(23(28)22(19)27)10-9-24-11-13-29-14-12-24/h3-8,20,26H,9-14H2,1-2H3/p+1/b21-19+/t20-/m1/s1.